The Labute approximate surface area is 130 Å². The van der Waals surface area contributed by atoms with E-state index in [1.54, 1.807) is 6.92 Å². The third-order valence-electron chi connectivity index (χ3n) is 3.48. The average molecular weight is 296 g/mol. The molecule has 0 saturated heterocycles. The standard InChI is InChI=1S/C18H32O3/c1-3-4-5-6-7-8-9-10-13-16-21-18(20)15-12-11-14-17(2)19/h3H,1,4-16H2,2H3. The zero-order valence-electron chi connectivity index (χ0n) is 13.7. The van der Waals surface area contributed by atoms with Gasteiger partial charge in [0.15, 0.2) is 0 Å². The number of ether oxygens (including phenoxy) is 1. The Morgan fingerprint density at radius 3 is 2.05 bits per heavy atom. The Bertz CT molecular complexity index is 284. The third-order valence-corrected chi connectivity index (χ3v) is 3.48. The van der Waals surface area contributed by atoms with Gasteiger partial charge in [0.2, 0.25) is 0 Å². The van der Waals surface area contributed by atoms with Crippen LogP contribution in [-0.2, 0) is 14.3 Å². The van der Waals surface area contributed by atoms with Crippen LogP contribution in [0.4, 0.5) is 0 Å². The minimum absolute atomic E-state index is 0.122. The van der Waals surface area contributed by atoms with E-state index in [4.69, 9.17) is 4.74 Å². The molecule has 0 unspecified atom stereocenters. The minimum atomic E-state index is -0.122. The number of hydrogen-bond donors (Lipinski definition) is 0. The normalized spacial score (nSPS) is 10.3. The van der Waals surface area contributed by atoms with Crippen molar-refractivity contribution < 1.29 is 14.3 Å². The van der Waals surface area contributed by atoms with E-state index >= 15 is 0 Å². The van der Waals surface area contributed by atoms with Gasteiger partial charge in [0.1, 0.15) is 5.78 Å². The zero-order valence-corrected chi connectivity index (χ0v) is 13.7. The lowest BCUT2D eigenvalue weighted by atomic mass is 10.1. The largest absolute Gasteiger partial charge is 0.466 e. The van der Waals surface area contributed by atoms with Crippen LogP contribution in [0.2, 0.25) is 0 Å². The molecule has 0 aromatic carbocycles. The van der Waals surface area contributed by atoms with Crippen LogP contribution in [0.5, 0.6) is 0 Å². The van der Waals surface area contributed by atoms with Crippen molar-refractivity contribution in [2.75, 3.05) is 6.61 Å². The molecule has 0 aliphatic carbocycles. The number of allylic oxidation sites excluding steroid dienone is 1. The molecule has 0 atom stereocenters. The molecule has 0 saturated carbocycles. The number of ketones is 1. The molecular formula is C18H32O3. The third kappa shape index (κ3) is 16.8. The van der Waals surface area contributed by atoms with Crippen LogP contribution in [0.25, 0.3) is 0 Å². The van der Waals surface area contributed by atoms with Gasteiger partial charge in [-0.1, -0.05) is 38.2 Å². The lowest BCUT2D eigenvalue weighted by Gasteiger charge is -2.05. The Morgan fingerprint density at radius 2 is 1.43 bits per heavy atom. The molecule has 3 nitrogen and oxygen atoms in total. The number of hydrogen-bond acceptors (Lipinski definition) is 3. The number of carbonyl (C=O) groups is 2. The summed E-state index contributed by atoms with van der Waals surface area (Å²) in [7, 11) is 0. The average Bonchev–Trinajstić information content (AvgIpc) is 2.45. The molecule has 0 fully saturated rings. The van der Waals surface area contributed by atoms with Crippen molar-refractivity contribution in [2.45, 2.75) is 84.0 Å². The van der Waals surface area contributed by atoms with E-state index in [1.165, 1.54) is 32.1 Å². The Kier molecular flexibility index (Phi) is 14.5. The molecule has 3 heteroatoms. The van der Waals surface area contributed by atoms with E-state index in [0.717, 1.165) is 32.1 Å². The van der Waals surface area contributed by atoms with E-state index in [9.17, 15) is 9.59 Å². The van der Waals surface area contributed by atoms with Gasteiger partial charge in [0.25, 0.3) is 0 Å². The first kappa shape index (κ1) is 19.9. The first-order valence-electron chi connectivity index (χ1n) is 8.42. The second kappa shape index (κ2) is 15.3. The molecule has 0 heterocycles. The molecule has 0 aliphatic rings. The lowest BCUT2D eigenvalue weighted by Crippen LogP contribution is -2.05. The van der Waals surface area contributed by atoms with Gasteiger partial charge in [-0.2, -0.15) is 0 Å². The van der Waals surface area contributed by atoms with Crippen LogP contribution in [0.3, 0.4) is 0 Å². The van der Waals surface area contributed by atoms with Crippen LogP contribution < -0.4 is 0 Å². The molecule has 0 aromatic heterocycles. The molecule has 0 radical (unpaired) electrons. The van der Waals surface area contributed by atoms with Crippen LogP contribution in [0, 0.1) is 0 Å². The van der Waals surface area contributed by atoms with Crippen molar-refractivity contribution >= 4 is 11.8 Å². The SMILES string of the molecule is C=CCCCCCCCCCOC(=O)CCCCC(C)=O. The molecule has 0 spiro atoms. The number of unbranched alkanes of at least 4 members (excludes halogenated alkanes) is 8. The number of esters is 1. The Balaban J connectivity index is 3.17. The first-order valence-corrected chi connectivity index (χ1v) is 8.42. The predicted octanol–water partition coefficient (Wildman–Crippen LogP) is 4.99. The van der Waals surface area contributed by atoms with Gasteiger partial charge in [-0.15, -0.1) is 6.58 Å². The van der Waals surface area contributed by atoms with Crippen LogP contribution in [-0.4, -0.2) is 18.4 Å². The molecule has 21 heavy (non-hydrogen) atoms. The molecule has 0 aromatic rings. The number of carbonyl (C=O) groups excluding carboxylic acids is 2. The van der Waals surface area contributed by atoms with Crippen LogP contribution >= 0.6 is 0 Å². The summed E-state index contributed by atoms with van der Waals surface area (Å²) in [6.07, 6.45) is 14.1. The fraction of sp³-hybridized carbons (Fsp3) is 0.778. The summed E-state index contributed by atoms with van der Waals surface area (Å²) < 4.78 is 5.17. The van der Waals surface area contributed by atoms with Gasteiger partial charge >= 0.3 is 5.97 Å². The summed E-state index contributed by atoms with van der Waals surface area (Å²) >= 11 is 0. The maximum absolute atomic E-state index is 11.4. The quantitative estimate of drug-likeness (QED) is 0.243. The van der Waals surface area contributed by atoms with Gasteiger partial charge in [0, 0.05) is 12.8 Å². The molecule has 122 valence electrons. The van der Waals surface area contributed by atoms with E-state index in [1.807, 2.05) is 6.08 Å². The minimum Gasteiger partial charge on any atom is -0.466 e. The maximum atomic E-state index is 11.4. The topological polar surface area (TPSA) is 43.4 Å². The fourth-order valence-electron chi connectivity index (χ4n) is 2.18. The summed E-state index contributed by atoms with van der Waals surface area (Å²) in [6.45, 7) is 5.84. The van der Waals surface area contributed by atoms with Crippen molar-refractivity contribution in [1.29, 1.82) is 0 Å². The maximum Gasteiger partial charge on any atom is 0.305 e. The number of rotatable bonds is 15. The van der Waals surface area contributed by atoms with Gasteiger partial charge < -0.3 is 9.53 Å². The van der Waals surface area contributed by atoms with E-state index in [0.29, 0.717) is 19.4 Å². The smallest absolute Gasteiger partial charge is 0.305 e. The molecule has 0 aliphatic heterocycles. The van der Waals surface area contributed by atoms with E-state index in [-0.39, 0.29) is 11.8 Å². The molecular weight excluding hydrogens is 264 g/mol. The summed E-state index contributed by atoms with van der Waals surface area (Å²) in [4.78, 5) is 22.1. The van der Waals surface area contributed by atoms with E-state index in [2.05, 4.69) is 6.58 Å². The van der Waals surface area contributed by atoms with E-state index < -0.39 is 0 Å². The molecule has 0 N–H and O–H groups in total. The highest BCUT2D eigenvalue weighted by Crippen LogP contribution is 2.09. The summed E-state index contributed by atoms with van der Waals surface area (Å²) in [5.41, 5.74) is 0. The summed E-state index contributed by atoms with van der Waals surface area (Å²) in [6, 6.07) is 0. The lowest BCUT2D eigenvalue weighted by molar-refractivity contribution is -0.144. The summed E-state index contributed by atoms with van der Waals surface area (Å²) in [5, 5.41) is 0. The molecule has 0 amide bonds. The monoisotopic (exact) mass is 296 g/mol. The second-order valence-corrected chi connectivity index (χ2v) is 5.68. The zero-order chi connectivity index (χ0) is 15.8. The van der Waals surface area contributed by atoms with Gasteiger partial charge in [-0.3, -0.25) is 4.79 Å². The fourth-order valence-corrected chi connectivity index (χ4v) is 2.18. The second-order valence-electron chi connectivity index (χ2n) is 5.68. The highest BCUT2D eigenvalue weighted by molar-refractivity contribution is 5.75. The summed E-state index contributed by atoms with van der Waals surface area (Å²) in [5.74, 6) is 0.0656. The molecule has 0 rings (SSSR count). The van der Waals surface area contributed by atoms with Crippen LogP contribution in [0.15, 0.2) is 12.7 Å². The first-order chi connectivity index (χ1) is 10.2. The highest BCUT2D eigenvalue weighted by atomic mass is 16.5. The Morgan fingerprint density at radius 1 is 0.857 bits per heavy atom. The highest BCUT2D eigenvalue weighted by Gasteiger charge is 2.03. The van der Waals surface area contributed by atoms with Crippen molar-refractivity contribution in [3.05, 3.63) is 12.7 Å². The van der Waals surface area contributed by atoms with Gasteiger partial charge in [0.05, 0.1) is 6.61 Å². The Hall–Kier alpha value is -1.12. The van der Waals surface area contributed by atoms with Crippen molar-refractivity contribution in [1.82, 2.24) is 0 Å². The van der Waals surface area contributed by atoms with Gasteiger partial charge in [-0.25, -0.2) is 0 Å². The number of Topliss-reactive ketones (excluding diaryl/α,β-unsaturated/α-hetero) is 1. The van der Waals surface area contributed by atoms with Crippen molar-refractivity contribution in [2.24, 2.45) is 0 Å². The van der Waals surface area contributed by atoms with Crippen LogP contribution in [0.1, 0.15) is 84.0 Å². The van der Waals surface area contributed by atoms with Crippen molar-refractivity contribution in [3.8, 4) is 0 Å². The van der Waals surface area contributed by atoms with Gasteiger partial charge in [-0.05, 0) is 39.0 Å². The predicted molar refractivity (Wildman–Crippen MR) is 87.2 cm³/mol. The molecule has 0 bridgehead atoms. The van der Waals surface area contributed by atoms with Crippen molar-refractivity contribution in [3.63, 3.8) is 0 Å².